The maximum atomic E-state index is 6.37. The molecule has 2 aromatic carbocycles. The molecule has 22 heavy (non-hydrogen) atoms. The molecule has 0 bridgehead atoms. The van der Waals surface area contributed by atoms with E-state index in [-0.39, 0.29) is 12.4 Å². The van der Waals surface area contributed by atoms with Gasteiger partial charge in [-0.3, -0.25) is 0 Å². The maximum absolute atomic E-state index is 6.37. The van der Waals surface area contributed by atoms with Crippen LogP contribution < -0.4 is 0 Å². The van der Waals surface area contributed by atoms with Crippen molar-refractivity contribution < 1.29 is 9.16 Å². The fourth-order valence-electron chi connectivity index (χ4n) is 2.96. The molecule has 1 aliphatic heterocycles. The Bertz CT molecular complexity index is 660. The first-order valence-corrected chi connectivity index (χ1v) is 11.3. The van der Waals surface area contributed by atoms with Crippen molar-refractivity contribution in [2.45, 2.75) is 45.4 Å². The number of hydrogen-bond acceptors (Lipinski definition) is 2. The van der Waals surface area contributed by atoms with Gasteiger partial charge in [0.1, 0.15) is 0 Å². The van der Waals surface area contributed by atoms with Gasteiger partial charge in [-0.25, -0.2) is 0 Å². The molecule has 0 saturated heterocycles. The number of hydrogen-bond donors (Lipinski definition) is 0. The van der Waals surface area contributed by atoms with Crippen LogP contribution in [0.25, 0.3) is 0 Å². The number of aryl methyl sites for hydroxylation is 1. The maximum Gasteiger partial charge on any atom is 0.187 e. The molecule has 0 N–H and O–H groups in total. The first kappa shape index (κ1) is 15.5. The molecule has 0 fully saturated rings. The summed E-state index contributed by atoms with van der Waals surface area (Å²) in [5, 5.41) is 0. The highest BCUT2D eigenvalue weighted by atomic mass is 28.4. The third-order valence-electron chi connectivity index (χ3n) is 4.00. The topological polar surface area (TPSA) is 18.5 Å². The van der Waals surface area contributed by atoms with Gasteiger partial charge in [-0.1, -0.05) is 48.5 Å². The molecule has 2 atom stereocenters. The summed E-state index contributed by atoms with van der Waals surface area (Å²) in [4.78, 5) is 0. The van der Waals surface area contributed by atoms with Crippen LogP contribution in [0.4, 0.5) is 0 Å². The van der Waals surface area contributed by atoms with Crippen LogP contribution in [0, 0.1) is 6.92 Å². The van der Waals surface area contributed by atoms with Crippen LogP contribution in [-0.4, -0.2) is 8.32 Å². The Balaban J connectivity index is 1.96. The molecule has 2 nitrogen and oxygen atoms in total. The molecule has 3 rings (SSSR count). The minimum absolute atomic E-state index is 0.0671. The van der Waals surface area contributed by atoms with E-state index in [1.165, 1.54) is 22.3 Å². The van der Waals surface area contributed by atoms with Crippen molar-refractivity contribution in [1.82, 2.24) is 0 Å². The highest BCUT2D eigenvalue weighted by molar-refractivity contribution is 6.69. The normalized spacial score (nSPS) is 21.5. The highest BCUT2D eigenvalue weighted by Gasteiger charge is 2.32. The summed E-state index contributed by atoms with van der Waals surface area (Å²) in [6.07, 6.45) is 0.728. The summed E-state index contributed by atoms with van der Waals surface area (Å²) >= 11 is 0. The largest absolute Gasteiger partial charge is 0.390 e. The van der Waals surface area contributed by atoms with Crippen molar-refractivity contribution in [2.75, 3.05) is 0 Å². The van der Waals surface area contributed by atoms with E-state index in [4.69, 9.17) is 9.16 Å². The summed E-state index contributed by atoms with van der Waals surface area (Å²) in [6, 6.07) is 17.0. The molecular formula is C19H24O2Si. The van der Waals surface area contributed by atoms with Crippen LogP contribution in [0.5, 0.6) is 0 Å². The van der Waals surface area contributed by atoms with Gasteiger partial charge in [0.05, 0.1) is 6.10 Å². The second-order valence-corrected chi connectivity index (χ2v) is 11.4. The second kappa shape index (κ2) is 5.99. The van der Waals surface area contributed by atoms with Crippen LogP contribution in [0.15, 0.2) is 48.5 Å². The monoisotopic (exact) mass is 312 g/mol. The predicted octanol–water partition coefficient (Wildman–Crippen LogP) is 5.16. The smallest absolute Gasteiger partial charge is 0.187 e. The molecule has 1 heterocycles. The Kier molecular flexibility index (Phi) is 4.21. The molecule has 0 aromatic heterocycles. The molecule has 0 amide bonds. The Labute approximate surface area is 134 Å². The van der Waals surface area contributed by atoms with Gasteiger partial charge in [0.15, 0.2) is 14.6 Å². The minimum atomic E-state index is -1.68. The van der Waals surface area contributed by atoms with E-state index in [1.54, 1.807) is 0 Å². The third kappa shape index (κ3) is 3.32. The first-order chi connectivity index (χ1) is 10.4. The van der Waals surface area contributed by atoms with Gasteiger partial charge in [-0.2, -0.15) is 0 Å². The molecule has 0 spiro atoms. The molecule has 0 aliphatic carbocycles. The summed E-state index contributed by atoms with van der Waals surface area (Å²) in [6.45, 7) is 8.76. The molecule has 0 unspecified atom stereocenters. The summed E-state index contributed by atoms with van der Waals surface area (Å²) in [7, 11) is -1.68. The van der Waals surface area contributed by atoms with Crippen molar-refractivity contribution in [1.29, 1.82) is 0 Å². The second-order valence-electron chi connectivity index (χ2n) is 6.95. The number of fused-ring (bicyclic) bond motifs is 1. The SMILES string of the molecule is Cc1ccccc1[C@H]1Cc2ccccc2[C@H](O[Si](C)(C)C)O1. The fraction of sp³-hybridized carbons (Fsp3) is 0.368. The molecule has 2 aromatic rings. The van der Waals surface area contributed by atoms with Crippen LogP contribution >= 0.6 is 0 Å². The molecule has 116 valence electrons. The van der Waals surface area contributed by atoms with E-state index in [0.717, 1.165) is 6.42 Å². The standard InChI is InChI=1S/C19H24O2Si/c1-14-9-5-7-11-16(14)18-13-15-10-6-8-12-17(15)19(20-18)21-22(2,3)4/h5-12,18-19H,13H2,1-4H3/t18-,19+/m1/s1. The average molecular weight is 312 g/mol. The summed E-state index contributed by atoms with van der Waals surface area (Å²) in [5.74, 6) is 0. The van der Waals surface area contributed by atoms with Gasteiger partial charge in [-0.15, -0.1) is 0 Å². The zero-order valence-electron chi connectivity index (χ0n) is 13.8. The zero-order chi connectivity index (χ0) is 15.7. The van der Waals surface area contributed by atoms with E-state index in [1.807, 2.05) is 0 Å². The van der Waals surface area contributed by atoms with Gasteiger partial charge in [0, 0.05) is 12.0 Å². The lowest BCUT2D eigenvalue weighted by atomic mass is 9.92. The van der Waals surface area contributed by atoms with E-state index in [2.05, 4.69) is 75.1 Å². The van der Waals surface area contributed by atoms with Gasteiger partial charge in [0.25, 0.3) is 0 Å². The van der Waals surface area contributed by atoms with Gasteiger partial charge in [-0.05, 0) is 43.3 Å². The Morgan fingerprint density at radius 1 is 0.955 bits per heavy atom. The summed E-state index contributed by atoms with van der Waals surface area (Å²) < 4.78 is 12.7. The van der Waals surface area contributed by atoms with Crippen LogP contribution in [0.3, 0.4) is 0 Å². The Morgan fingerprint density at radius 2 is 1.59 bits per heavy atom. The lowest BCUT2D eigenvalue weighted by molar-refractivity contribution is -0.139. The predicted molar refractivity (Wildman–Crippen MR) is 92.3 cm³/mol. The lowest BCUT2D eigenvalue weighted by Gasteiger charge is -2.36. The molecule has 1 aliphatic rings. The Morgan fingerprint density at radius 3 is 2.27 bits per heavy atom. The number of ether oxygens (including phenoxy) is 1. The van der Waals surface area contributed by atoms with E-state index in [9.17, 15) is 0 Å². The minimum Gasteiger partial charge on any atom is -0.390 e. The average Bonchev–Trinajstić information content (AvgIpc) is 2.46. The van der Waals surface area contributed by atoms with Crippen LogP contribution in [0.1, 0.15) is 34.6 Å². The molecule has 0 radical (unpaired) electrons. The quantitative estimate of drug-likeness (QED) is 0.729. The summed E-state index contributed by atoms with van der Waals surface area (Å²) in [5.41, 5.74) is 5.07. The van der Waals surface area contributed by atoms with Crippen molar-refractivity contribution in [3.8, 4) is 0 Å². The van der Waals surface area contributed by atoms with Gasteiger partial charge < -0.3 is 9.16 Å². The Hall–Kier alpha value is -1.42. The van der Waals surface area contributed by atoms with Gasteiger partial charge >= 0.3 is 0 Å². The van der Waals surface area contributed by atoms with Crippen molar-refractivity contribution >= 4 is 8.32 Å². The fourth-order valence-corrected chi connectivity index (χ4v) is 3.79. The van der Waals surface area contributed by atoms with Crippen molar-refractivity contribution in [2.24, 2.45) is 0 Å². The first-order valence-electron chi connectivity index (χ1n) is 7.91. The third-order valence-corrected chi connectivity index (χ3v) is 4.92. The highest BCUT2D eigenvalue weighted by Crippen LogP contribution is 2.39. The lowest BCUT2D eigenvalue weighted by Crippen LogP contribution is -2.32. The molecular weight excluding hydrogens is 288 g/mol. The van der Waals surface area contributed by atoms with Crippen LogP contribution in [0.2, 0.25) is 19.6 Å². The number of benzene rings is 2. The van der Waals surface area contributed by atoms with E-state index in [0.29, 0.717) is 0 Å². The van der Waals surface area contributed by atoms with E-state index < -0.39 is 8.32 Å². The molecule has 3 heteroatoms. The zero-order valence-corrected chi connectivity index (χ0v) is 14.8. The number of rotatable bonds is 3. The van der Waals surface area contributed by atoms with Crippen molar-refractivity contribution in [3.05, 3.63) is 70.8 Å². The van der Waals surface area contributed by atoms with Crippen molar-refractivity contribution in [3.63, 3.8) is 0 Å². The van der Waals surface area contributed by atoms with Gasteiger partial charge in [0.2, 0.25) is 0 Å². The van der Waals surface area contributed by atoms with Crippen LogP contribution in [-0.2, 0) is 15.6 Å². The molecule has 0 saturated carbocycles. The van der Waals surface area contributed by atoms with E-state index >= 15 is 0 Å².